The monoisotopic (exact) mass is 476 g/mol. The van der Waals surface area contributed by atoms with Crippen LogP contribution in [-0.2, 0) is 14.3 Å². The number of carboxylic acids is 1. The van der Waals surface area contributed by atoms with Crippen LogP contribution in [0.15, 0.2) is 48.5 Å². The van der Waals surface area contributed by atoms with Crippen molar-refractivity contribution in [3.8, 4) is 11.1 Å². The van der Waals surface area contributed by atoms with Crippen molar-refractivity contribution in [1.82, 2.24) is 10.2 Å². The van der Waals surface area contributed by atoms with Crippen molar-refractivity contribution in [2.75, 3.05) is 19.7 Å². The van der Waals surface area contributed by atoms with Crippen LogP contribution in [-0.4, -0.2) is 53.7 Å². The van der Waals surface area contributed by atoms with E-state index in [1.54, 1.807) is 4.90 Å². The van der Waals surface area contributed by atoms with E-state index in [-0.39, 0.29) is 49.3 Å². The fourth-order valence-electron chi connectivity index (χ4n) is 5.89. The molecule has 2 aromatic carbocycles. The van der Waals surface area contributed by atoms with E-state index in [1.807, 2.05) is 24.3 Å². The van der Waals surface area contributed by atoms with Crippen LogP contribution in [0.4, 0.5) is 4.79 Å². The number of alkyl carbamates (subject to hydrolysis) is 1. The number of carboxylic acid groups (broad SMARTS) is 1. The van der Waals surface area contributed by atoms with Crippen LogP contribution in [0.5, 0.6) is 0 Å². The maximum Gasteiger partial charge on any atom is 0.407 e. The highest BCUT2D eigenvalue weighted by atomic mass is 16.5. The summed E-state index contributed by atoms with van der Waals surface area (Å²) in [4.78, 5) is 39.0. The number of amides is 2. The summed E-state index contributed by atoms with van der Waals surface area (Å²) in [5.74, 6) is -1.04. The van der Waals surface area contributed by atoms with Gasteiger partial charge in [0.2, 0.25) is 5.91 Å². The molecule has 2 fully saturated rings. The number of rotatable bonds is 8. The molecule has 184 valence electrons. The fraction of sp³-hybridized carbons (Fsp3) is 0.464. The zero-order valence-electron chi connectivity index (χ0n) is 19.8. The van der Waals surface area contributed by atoms with Gasteiger partial charge in [-0.25, -0.2) is 4.79 Å². The number of fused-ring (bicyclic) bond motifs is 3. The van der Waals surface area contributed by atoms with Gasteiger partial charge in [-0.05, 0) is 53.9 Å². The molecular formula is C28H32N2O5. The van der Waals surface area contributed by atoms with Gasteiger partial charge in [0.25, 0.3) is 0 Å². The van der Waals surface area contributed by atoms with E-state index in [9.17, 15) is 19.5 Å². The largest absolute Gasteiger partial charge is 0.481 e. The second kappa shape index (κ2) is 10.1. The lowest BCUT2D eigenvalue weighted by atomic mass is 9.75. The quantitative estimate of drug-likeness (QED) is 0.589. The number of nitrogens with zero attached hydrogens (tertiary/aromatic N) is 1. The Morgan fingerprint density at radius 3 is 2.23 bits per heavy atom. The van der Waals surface area contributed by atoms with Crippen LogP contribution in [0.2, 0.25) is 0 Å². The maximum absolute atomic E-state index is 13.4. The van der Waals surface area contributed by atoms with Crippen LogP contribution in [0.25, 0.3) is 11.1 Å². The molecule has 2 aliphatic carbocycles. The van der Waals surface area contributed by atoms with Crippen molar-refractivity contribution in [1.29, 1.82) is 0 Å². The number of benzene rings is 2. The molecule has 5 rings (SSSR count). The van der Waals surface area contributed by atoms with Gasteiger partial charge in [0.15, 0.2) is 0 Å². The molecule has 3 aliphatic rings. The zero-order valence-corrected chi connectivity index (χ0v) is 19.8. The number of nitrogens with one attached hydrogen (secondary N) is 1. The third kappa shape index (κ3) is 4.77. The van der Waals surface area contributed by atoms with Crippen LogP contribution >= 0.6 is 0 Å². The third-order valence-electron chi connectivity index (χ3n) is 7.92. The number of carbonyl (C=O) groups is 3. The molecule has 1 saturated carbocycles. The first-order valence-corrected chi connectivity index (χ1v) is 12.6. The second-order valence-electron chi connectivity index (χ2n) is 9.93. The third-order valence-corrected chi connectivity index (χ3v) is 7.92. The molecular weight excluding hydrogens is 444 g/mol. The molecule has 0 radical (unpaired) electrons. The lowest BCUT2D eigenvalue weighted by Crippen LogP contribution is -2.48. The lowest BCUT2D eigenvalue weighted by Gasteiger charge is -2.36. The van der Waals surface area contributed by atoms with Gasteiger partial charge in [-0.3, -0.25) is 9.59 Å². The Kier molecular flexibility index (Phi) is 6.75. The summed E-state index contributed by atoms with van der Waals surface area (Å²) >= 11 is 0. The summed E-state index contributed by atoms with van der Waals surface area (Å²) in [5.41, 5.74) is 4.66. The SMILES string of the molecule is O=C(O)C[C@H]1CCCN1C(=O)C(CNC(=O)OCC1c2ccccc2-c2ccccc21)C1CCC1. The van der Waals surface area contributed by atoms with E-state index in [4.69, 9.17) is 4.74 Å². The molecule has 35 heavy (non-hydrogen) atoms. The first-order chi connectivity index (χ1) is 17.0. The van der Waals surface area contributed by atoms with Gasteiger partial charge in [-0.1, -0.05) is 55.0 Å². The highest BCUT2D eigenvalue weighted by molar-refractivity contribution is 5.82. The highest BCUT2D eigenvalue weighted by Crippen LogP contribution is 2.44. The van der Waals surface area contributed by atoms with Gasteiger partial charge >= 0.3 is 12.1 Å². The van der Waals surface area contributed by atoms with Crippen molar-refractivity contribution in [2.45, 2.75) is 50.5 Å². The highest BCUT2D eigenvalue weighted by Gasteiger charge is 2.39. The van der Waals surface area contributed by atoms with Crippen LogP contribution in [0.3, 0.4) is 0 Å². The molecule has 2 amide bonds. The van der Waals surface area contributed by atoms with Crippen LogP contribution in [0.1, 0.15) is 55.6 Å². The van der Waals surface area contributed by atoms with Crippen LogP contribution < -0.4 is 5.32 Å². The Hall–Kier alpha value is -3.35. The summed E-state index contributed by atoms with van der Waals surface area (Å²) in [5, 5.41) is 12.1. The Labute approximate surface area is 205 Å². The summed E-state index contributed by atoms with van der Waals surface area (Å²) in [6.45, 7) is 1.04. The first-order valence-electron chi connectivity index (χ1n) is 12.6. The normalized spacial score (nSPS) is 20.0. The summed E-state index contributed by atoms with van der Waals surface area (Å²) in [6, 6.07) is 16.1. The minimum atomic E-state index is -0.883. The molecule has 1 heterocycles. The molecule has 7 nitrogen and oxygen atoms in total. The first kappa shape index (κ1) is 23.4. The van der Waals surface area contributed by atoms with E-state index < -0.39 is 12.1 Å². The standard InChI is InChI=1S/C28H32N2O5/c31-26(32)15-19-9-6-14-30(19)27(33)24(18-7-5-8-18)16-29-28(34)35-17-25-22-12-3-1-10-20(22)21-11-2-4-13-23(21)25/h1-4,10-13,18-19,24-25H,5-9,14-17H2,(H,29,34)(H,31,32)/t19-,24?/m1/s1. The molecule has 1 aliphatic heterocycles. The summed E-state index contributed by atoms with van der Waals surface area (Å²) < 4.78 is 5.65. The number of hydrogen-bond donors (Lipinski definition) is 2. The molecule has 0 aromatic heterocycles. The topological polar surface area (TPSA) is 95.9 Å². The number of hydrogen-bond acceptors (Lipinski definition) is 4. The molecule has 7 heteroatoms. The fourth-order valence-corrected chi connectivity index (χ4v) is 5.89. The Balaban J connectivity index is 1.20. The van der Waals surface area contributed by atoms with Crippen molar-refractivity contribution in [2.24, 2.45) is 11.8 Å². The molecule has 1 saturated heterocycles. The predicted molar refractivity (Wildman–Crippen MR) is 131 cm³/mol. The second-order valence-corrected chi connectivity index (χ2v) is 9.93. The Morgan fingerprint density at radius 1 is 0.971 bits per heavy atom. The number of aliphatic carboxylic acids is 1. The van der Waals surface area contributed by atoms with E-state index >= 15 is 0 Å². The number of ether oxygens (including phenoxy) is 1. The number of likely N-dealkylation sites (tertiary alicyclic amines) is 1. The van der Waals surface area contributed by atoms with Gasteiger partial charge < -0.3 is 20.1 Å². The Bertz CT molecular complexity index is 1070. The van der Waals surface area contributed by atoms with Gasteiger partial charge in [0, 0.05) is 25.0 Å². The van der Waals surface area contributed by atoms with Crippen molar-refractivity contribution in [3.63, 3.8) is 0 Å². The van der Waals surface area contributed by atoms with Crippen molar-refractivity contribution in [3.05, 3.63) is 59.7 Å². The number of carbonyl (C=O) groups excluding carboxylic acids is 2. The van der Waals surface area contributed by atoms with Crippen molar-refractivity contribution < 1.29 is 24.2 Å². The molecule has 2 atom stereocenters. The minimum absolute atomic E-state index is 0.0152. The lowest BCUT2D eigenvalue weighted by molar-refractivity contribution is -0.142. The van der Waals surface area contributed by atoms with Gasteiger partial charge in [0.1, 0.15) is 6.61 Å². The zero-order chi connectivity index (χ0) is 24.4. The maximum atomic E-state index is 13.4. The summed E-state index contributed by atoms with van der Waals surface area (Å²) in [7, 11) is 0. The van der Waals surface area contributed by atoms with E-state index in [2.05, 4.69) is 29.6 Å². The molecule has 2 aromatic rings. The Morgan fingerprint density at radius 2 is 1.63 bits per heavy atom. The molecule has 0 bridgehead atoms. The van der Waals surface area contributed by atoms with E-state index in [0.29, 0.717) is 6.54 Å². The summed E-state index contributed by atoms with van der Waals surface area (Å²) in [6.07, 6.45) is 3.99. The van der Waals surface area contributed by atoms with E-state index in [0.717, 1.165) is 43.2 Å². The minimum Gasteiger partial charge on any atom is -0.481 e. The van der Waals surface area contributed by atoms with Crippen molar-refractivity contribution >= 4 is 18.0 Å². The average molecular weight is 477 g/mol. The molecule has 1 unspecified atom stereocenters. The van der Waals surface area contributed by atoms with E-state index in [1.165, 1.54) is 11.1 Å². The smallest absolute Gasteiger partial charge is 0.407 e. The van der Waals surface area contributed by atoms with Crippen LogP contribution in [0, 0.1) is 11.8 Å². The molecule has 0 spiro atoms. The van der Waals surface area contributed by atoms with Gasteiger partial charge in [-0.2, -0.15) is 0 Å². The predicted octanol–water partition coefficient (Wildman–Crippen LogP) is 4.41. The van der Waals surface area contributed by atoms with Gasteiger partial charge in [-0.15, -0.1) is 0 Å². The molecule has 2 N–H and O–H groups in total. The van der Waals surface area contributed by atoms with Gasteiger partial charge in [0.05, 0.1) is 12.3 Å². The average Bonchev–Trinajstić information content (AvgIpc) is 3.40.